The van der Waals surface area contributed by atoms with E-state index in [1.807, 2.05) is 0 Å². The van der Waals surface area contributed by atoms with Gasteiger partial charge in [0.15, 0.2) is 6.61 Å². The van der Waals surface area contributed by atoms with E-state index >= 15 is 0 Å². The Morgan fingerprint density at radius 1 is 1.13 bits per heavy atom. The van der Waals surface area contributed by atoms with Gasteiger partial charge >= 0.3 is 6.18 Å². The van der Waals surface area contributed by atoms with Crippen molar-refractivity contribution in [2.75, 3.05) is 13.7 Å². The number of halogens is 3. The molecule has 162 valence electrons. The molecule has 2 aromatic rings. The maximum atomic E-state index is 12.7. The fourth-order valence-corrected chi connectivity index (χ4v) is 3.20. The Bertz CT molecular complexity index is 855. The van der Waals surface area contributed by atoms with E-state index < -0.39 is 11.7 Å². The van der Waals surface area contributed by atoms with Crippen LogP contribution in [0.5, 0.6) is 17.5 Å². The van der Waals surface area contributed by atoms with Crippen LogP contribution in [-0.2, 0) is 11.0 Å². The smallest absolute Gasteiger partial charge is 0.416 e. The van der Waals surface area contributed by atoms with Crippen molar-refractivity contribution in [1.29, 1.82) is 0 Å². The molecule has 1 aromatic carbocycles. The minimum absolute atomic E-state index is 0.00463. The number of benzene rings is 1. The molecule has 3 rings (SSSR count). The van der Waals surface area contributed by atoms with Crippen LogP contribution in [0.15, 0.2) is 36.7 Å². The van der Waals surface area contributed by atoms with Crippen molar-refractivity contribution >= 4 is 5.91 Å². The summed E-state index contributed by atoms with van der Waals surface area (Å²) >= 11 is 0. The first-order valence-corrected chi connectivity index (χ1v) is 9.46. The summed E-state index contributed by atoms with van der Waals surface area (Å²) in [6.07, 6.45) is 1.32. The van der Waals surface area contributed by atoms with Gasteiger partial charge in [0, 0.05) is 18.4 Å². The number of hydrogen-bond acceptors (Lipinski definition) is 6. The number of carbonyl (C=O) groups is 1. The summed E-state index contributed by atoms with van der Waals surface area (Å²) in [6.45, 7) is -0.353. The standard InChI is InChI=1S/C20H22F3N3O4/c1-28-18-19(25-10-9-24-18)30-15-7-5-14(6-8-15)26-17(27)12-29-16-4-2-3-13(11-16)20(21,22)23/h2-4,9-11,14-15H,5-8,12H2,1H3,(H,26,27). The molecule has 0 saturated heterocycles. The third-order valence-corrected chi connectivity index (χ3v) is 4.68. The highest BCUT2D eigenvalue weighted by molar-refractivity contribution is 5.77. The average Bonchev–Trinajstić information content (AvgIpc) is 2.74. The van der Waals surface area contributed by atoms with E-state index in [1.165, 1.54) is 31.6 Å². The molecular weight excluding hydrogens is 403 g/mol. The zero-order chi connectivity index (χ0) is 21.6. The van der Waals surface area contributed by atoms with Crippen molar-refractivity contribution in [2.24, 2.45) is 0 Å². The molecule has 1 N–H and O–H groups in total. The van der Waals surface area contributed by atoms with Gasteiger partial charge in [0.1, 0.15) is 11.9 Å². The first kappa shape index (κ1) is 21.7. The van der Waals surface area contributed by atoms with Crippen LogP contribution in [0.4, 0.5) is 13.2 Å². The topological polar surface area (TPSA) is 82.6 Å². The second kappa shape index (κ2) is 9.64. The number of rotatable bonds is 7. The molecular formula is C20H22F3N3O4. The van der Waals surface area contributed by atoms with Crippen molar-refractivity contribution in [3.8, 4) is 17.5 Å². The molecule has 0 unspecified atom stereocenters. The van der Waals surface area contributed by atoms with Gasteiger partial charge in [-0.15, -0.1) is 0 Å². The SMILES string of the molecule is COc1nccnc1OC1CCC(NC(=O)COc2cccc(C(F)(F)F)c2)CC1. The van der Waals surface area contributed by atoms with E-state index in [4.69, 9.17) is 14.2 Å². The molecule has 1 aliphatic rings. The van der Waals surface area contributed by atoms with Crippen LogP contribution in [0.1, 0.15) is 31.2 Å². The summed E-state index contributed by atoms with van der Waals surface area (Å²) in [7, 11) is 1.49. The van der Waals surface area contributed by atoms with Gasteiger partial charge in [-0.3, -0.25) is 4.79 Å². The predicted octanol–water partition coefficient (Wildman–Crippen LogP) is 3.39. The first-order valence-electron chi connectivity index (χ1n) is 9.46. The summed E-state index contributed by atoms with van der Waals surface area (Å²) in [4.78, 5) is 20.3. The Balaban J connectivity index is 1.42. The highest BCUT2D eigenvalue weighted by Crippen LogP contribution is 2.31. The third-order valence-electron chi connectivity index (χ3n) is 4.68. The number of alkyl halides is 3. The zero-order valence-corrected chi connectivity index (χ0v) is 16.3. The Morgan fingerprint density at radius 3 is 2.50 bits per heavy atom. The van der Waals surface area contributed by atoms with Crippen molar-refractivity contribution in [3.05, 3.63) is 42.2 Å². The van der Waals surface area contributed by atoms with Gasteiger partial charge in [-0.2, -0.15) is 13.2 Å². The lowest BCUT2D eigenvalue weighted by molar-refractivity contribution is -0.137. The minimum atomic E-state index is -4.46. The van der Waals surface area contributed by atoms with E-state index in [1.54, 1.807) is 0 Å². The third kappa shape index (κ3) is 5.98. The van der Waals surface area contributed by atoms with Gasteiger partial charge in [-0.25, -0.2) is 9.97 Å². The Kier molecular flexibility index (Phi) is 6.96. The number of amides is 1. The maximum absolute atomic E-state index is 12.7. The molecule has 10 heteroatoms. The Morgan fingerprint density at radius 2 is 1.83 bits per heavy atom. The number of hydrogen-bond donors (Lipinski definition) is 1. The van der Waals surface area contributed by atoms with Gasteiger partial charge in [0.05, 0.1) is 12.7 Å². The van der Waals surface area contributed by atoms with Crippen molar-refractivity contribution in [3.63, 3.8) is 0 Å². The lowest BCUT2D eigenvalue weighted by Gasteiger charge is -2.29. The lowest BCUT2D eigenvalue weighted by atomic mass is 9.93. The number of nitrogens with zero attached hydrogens (tertiary/aromatic N) is 2. The molecule has 0 aliphatic heterocycles. The zero-order valence-electron chi connectivity index (χ0n) is 16.3. The molecule has 0 atom stereocenters. The van der Waals surface area contributed by atoms with Gasteiger partial charge < -0.3 is 19.5 Å². The molecule has 0 radical (unpaired) electrons. The Labute approximate surface area is 171 Å². The monoisotopic (exact) mass is 425 g/mol. The van der Waals surface area contributed by atoms with Crippen LogP contribution in [-0.4, -0.2) is 41.7 Å². The fraction of sp³-hybridized carbons (Fsp3) is 0.450. The number of methoxy groups -OCH3 is 1. The van der Waals surface area contributed by atoms with E-state index in [9.17, 15) is 18.0 Å². The molecule has 0 bridgehead atoms. The largest absolute Gasteiger partial charge is 0.484 e. The maximum Gasteiger partial charge on any atom is 0.416 e. The van der Waals surface area contributed by atoms with Crippen LogP contribution >= 0.6 is 0 Å². The molecule has 1 heterocycles. The summed E-state index contributed by atoms with van der Waals surface area (Å²) in [6, 6.07) is 4.39. The molecule has 1 fully saturated rings. The van der Waals surface area contributed by atoms with Crippen molar-refractivity contribution in [2.45, 2.75) is 44.0 Å². The van der Waals surface area contributed by atoms with E-state index in [0.717, 1.165) is 12.1 Å². The highest BCUT2D eigenvalue weighted by atomic mass is 19.4. The number of carbonyl (C=O) groups excluding carboxylic acids is 1. The van der Waals surface area contributed by atoms with Crippen LogP contribution < -0.4 is 19.5 Å². The van der Waals surface area contributed by atoms with Crippen LogP contribution in [0.2, 0.25) is 0 Å². The summed E-state index contributed by atoms with van der Waals surface area (Å²) in [5.74, 6) is 0.268. The van der Waals surface area contributed by atoms with E-state index in [-0.39, 0.29) is 30.4 Å². The minimum Gasteiger partial charge on any atom is -0.484 e. The number of aromatic nitrogens is 2. The Hall–Kier alpha value is -3.04. The van der Waals surface area contributed by atoms with Gasteiger partial charge in [0.25, 0.3) is 17.7 Å². The number of nitrogens with one attached hydrogen (secondary N) is 1. The van der Waals surface area contributed by atoms with Crippen LogP contribution in [0.25, 0.3) is 0 Å². The molecule has 7 nitrogen and oxygen atoms in total. The fourth-order valence-electron chi connectivity index (χ4n) is 3.20. The molecule has 1 aromatic heterocycles. The summed E-state index contributed by atoms with van der Waals surface area (Å²) < 4.78 is 54.4. The lowest BCUT2D eigenvalue weighted by Crippen LogP contribution is -2.41. The van der Waals surface area contributed by atoms with Gasteiger partial charge in [-0.1, -0.05) is 6.07 Å². The number of ether oxygens (including phenoxy) is 3. The predicted molar refractivity (Wildman–Crippen MR) is 100 cm³/mol. The second-order valence-electron chi connectivity index (χ2n) is 6.84. The van der Waals surface area contributed by atoms with Gasteiger partial charge in [0.2, 0.25) is 0 Å². The highest BCUT2D eigenvalue weighted by Gasteiger charge is 2.30. The van der Waals surface area contributed by atoms with Crippen LogP contribution in [0, 0.1) is 0 Å². The summed E-state index contributed by atoms with van der Waals surface area (Å²) in [5.41, 5.74) is -0.821. The molecule has 1 aliphatic carbocycles. The quantitative estimate of drug-likeness (QED) is 0.732. The summed E-state index contributed by atoms with van der Waals surface area (Å²) in [5, 5.41) is 2.85. The molecule has 30 heavy (non-hydrogen) atoms. The van der Waals surface area contributed by atoms with Gasteiger partial charge in [-0.05, 0) is 43.9 Å². The van der Waals surface area contributed by atoms with E-state index in [0.29, 0.717) is 37.4 Å². The average molecular weight is 425 g/mol. The van der Waals surface area contributed by atoms with Crippen LogP contribution in [0.3, 0.4) is 0 Å². The van der Waals surface area contributed by atoms with E-state index in [2.05, 4.69) is 15.3 Å². The van der Waals surface area contributed by atoms with Crippen molar-refractivity contribution in [1.82, 2.24) is 15.3 Å². The normalized spacial score (nSPS) is 19.1. The van der Waals surface area contributed by atoms with Crippen molar-refractivity contribution < 1.29 is 32.2 Å². The molecule has 0 spiro atoms. The second-order valence-corrected chi connectivity index (χ2v) is 6.84. The molecule has 1 amide bonds. The first-order chi connectivity index (χ1) is 14.3. The molecule has 1 saturated carbocycles.